The van der Waals surface area contributed by atoms with Gasteiger partial charge in [-0.25, -0.2) is 14.5 Å². The van der Waals surface area contributed by atoms with Gasteiger partial charge in [0, 0.05) is 26.6 Å². The average Bonchev–Trinajstić information content (AvgIpc) is 3.16. The number of ether oxygens (including phenoxy) is 2. The molecule has 0 unspecified atom stereocenters. The van der Waals surface area contributed by atoms with Crippen LogP contribution in [0, 0.1) is 18.8 Å². The lowest BCUT2D eigenvalue weighted by atomic mass is 9.85. The molecule has 2 saturated carbocycles. The van der Waals surface area contributed by atoms with Crippen LogP contribution in [0.4, 0.5) is 4.79 Å². The summed E-state index contributed by atoms with van der Waals surface area (Å²) < 4.78 is 13.3. The van der Waals surface area contributed by atoms with Gasteiger partial charge in [-0.05, 0) is 63.5 Å². The van der Waals surface area contributed by atoms with Crippen LogP contribution in [0.2, 0.25) is 0 Å². The van der Waals surface area contributed by atoms with Gasteiger partial charge < -0.3 is 20.1 Å². The zero-order chi connectivity index (χ0) is 24.2. The van der Waals surface area contributed by atoms with Crippen molar-refractivity contribution in [2.24, 2.45) is 24.6 Å². The molecule has 184 valence electrons. The SMILES string of the molecule is Cc1nc(-c2nnn(C)c2COC(=O)N(C)CC2CCC2)ccc1O[C@H]1CCC[C@H](C(N)=O)C1. The van der Waals surface area contributed by atoms with E-state index in [4.69, 9.17) is 15.2 Å². The van der Waals surface area contributed by atoms with Crippen LogP contribution < -0.4 is 10.5 Å². The Hall–Kier alpha value is -3.17. The number of nitrogens with zero attached hydrogens (tertiary/aromatic N) is 5. The van der Waals surface area contributed by atoms with E-state index in [1.165, 1.54) is 19.3 Å². The second kappa shape index (κ2) is 10.4. The summed E-state index contributed by atoms with van der Waals surface area (Å²) in [6.45, 7) is 2.65. The molecule has 4 rings (SSSR count). The van der Waals surface area contributed by atoms with Crippen molar-refractivity contribution >= 4 is 12.0 Å². The van der Waals surface area contributed by atoms with E-state index in [0.717, 1.165) is 25.8 Å². The normalized spacial score (nSPS) is 20.4. The van der Waals surface area contributed by atoms with Gasteiger partial charge in [0.25, 0.3) is 0 Å². The highest BCUT2D eigenvalue weighted by Gasteiger charge is 2.28. The van der Waals surface area contributed by atoms with Gasteiger partial charge in [-0.15, -0.1) is 5.10 Å². The van der Waals surface area contributed by atoms with E-state index in [1.807, 2.05) is 19.1 Å². The maximum Gasteiger partial charge on any atom is 0.409 e. The van der Waals surface area contributed by atoms with E-state index in [2.05, 4.69) is 15.3 Å². The maximum atomic E-state index is 12.4. The Kier molecular flexibility index (Phi) is 7.33. The molecule has 2 aliphatic rings. The average molecular weight is 471 g/mol. The fourth-order valence-electron chi connectivity index (χ4n) is 4.61. The highest BCUT2D eigenvalue weighted by Crippen LogP contribution is 2.30. The summed E-state index contributed by atoms with van der Waals surface area (Å²) in [6, 6.07) is 3.69. The Morgan fingerprint density at radius 1 is 1.21 bits per heavy atom. The van der Waals surface area contributed by atoms with Crippen LogP contribution in [-0.4, -0.2) is 56.6 Å². The van der Waals surface area contributed by atoms with Crippen molar-refractivity contribution in [2.75, 3.05) is 13.6 Å². The molecule has 2 aromatic heterocycles. The van der Waals surface area contributed by atoms with Crippen LogP contribution in [0.15, 0.2) is 12.1 Å². The fourth-order valence-corrected chi connectivity index (χ4v) is 4.61. The van der Waals surface area contributed by atoms with Crippen LogP contribution >= 0.6 is 0 Å². The van der Waals surface area contributed by atoms with Gasteiger partial charge in [0.2, 0.25) is 5.91 Å². The van der Waals surface area contributed by atoms with Gasteiger partial charge in [0.05, 0.1) is 17.5 Å². The molecule has 0 spiro atoms. The van der Waals surface area contributed by atoms with Crippen molar-refractivity contribution in [2.45, 2.75) is 64.6 Å². The lowest BCUT2D eigenvalue weighted by Gasteiger charge is -2.29. The van der Waals surface area contributed by atoms with Crippen LogP contribution in [-0.2, 0) is 23.2 Å². The molecule has 2 N–H and O–H groups in total. The van der Waals surface area contributed by atoms with Gasteiger partial charge in [0.15, 0.2) is 0 Å². The van der Waals surface area contributed by atoms with E-state index < -0.39 is 0 Å². The quantitative estimate of drug-likeness (QED) is 0.628. The molecule has 0 aromatic carbocycles. The number of carbonyl (C=O) groups is 2. The number of aryl methyl sites for hydroxylation is 2. The molecule has 0 bridgehead atoms. The van der Waals surface area contributed by atoms with Gasteiger partial charge in [-0.3, -0.25) is 4.79 Å². The van der Waals surface area contributed by atoms with Gasteiger partial charge >= 0.3 is 6.09 Å². The predicted octanol–water partition coefficient (Wildman–Crippen LogP) is 2.98. The first-order valence-electron chi connectivity index (χ1n) is 12.0. The van der Waals surface area contributed by atoms with Gasteiger partial charge in [0.1, 0.15) is 23.7 Å². The Bertz CT molecular complexity index is 1030. The summed E-state index contributed by atoms with van der Waals surface area (Å²) in [5.74, 6) is 0.857. The largest absolute Gasteiger partial charge is 0.489 e. The second-order valence-corrected chi connectivity index (χ2v) is 9.53. The fraction of sp³-hybridized carbons (Fsp3) is 0.625. The van der Waals surface area contributed by atoms with Crippen molar-refractivity contribution in [3.05, 3.63) is 23.5 Å². The van der Waals surface area contributed by atoms with Crippen LogP contribution in [0.3, 0.4) is 0 Å². The summed E-state index contributed by atoms with van der Waals surface area (Å²) in [7, 11) is 3.53. The monoisotopic (exact) mass is 470 g/mol. The third-order valence-corrected chi connectivity index (χ3v) is 6.95. The molecule has 0 aliphatic heterocycles. The summed E-state index contributed by atoms with van der Waals surface area (Å²) in [4.78, 5) is 30.3. The number of hydrogen-bond acceptors (Lipinski definition) is 7. The van der Waals surface area contributed by atoms with Crippen molar-refractivity contribution in [3.8, 4) is 17.1 Å². The molecule has 34 heavy (non-hydrogen) atoms. The lowest BCUT2D eigenvalue weighted by Crippen LogP contribution is -2.34. The maximum absolute atomic E-state index is 12.4. The van der Waals surface area contributed by atoms with Crippen molar-refractivity contribution in [3.63, 3.8) is 0 Å². The molecular weight excluding hydrogens is 436 g/mol. The number of amides is 2. The van der Waals surface area contributed by atoms with E-state index in [0.29, 0.717) is 40.9 Å². The molecule has 2 heterocycles. The topological polar surface area (TPSA) is 125 Å². The van der Waals surface area contributed by atoms with Crippen LogP contribution in [0.5, 0.6) is 5.75 Å². The Labute approximate surface area is 199 Å². The number of primary amides is 1. The van der Waals surface area contributed by atoms with Crippen molar-refractivity contribution in [1.29, 1.82) is 0 Å². The molecule has 2 atom stereocenters. The zero-order valence-corrected chi connectivity index (χ0v) is 20.2. The van der Waals surface area contributed by atoms with Crippen LogP contribution in [0.1, 0.15) is 56.3 Å². The van der Waals surface area contributed by atoms with E-state index in [-0.39, 0.29) is 30.6 Å². The minimum absolute atomic E-state index is 0.0546. The highest BCUT2D eigenvalue weighted by atomic mass is 16.6. The number of hydrogen-bond donors (Lipinski definition) is 1. The van der Waals surface area contributed by atoms with E-state index in [9.17, 15) is 9.59 Å². The predicted molar refractivity (Wildman–Crippen MR) is 125 cm³/mol. The molecule has 2 fully saturated rings. The first kappa shape index (κ1) is 24.0. The van der Waals surface area contributed by atoms with Crippen molar-refractivity contribution < 1.29 is 19.1 Å². The standard InChI is InChI=1S/C24H34N6O4/c1-15-21(34-18-9-5-8-17(12-18)23(25)31)11-10-19(26-15)22-20(30(3)28-27-22)14-33-24(32)29(2)13-16-6-4-7-16/h10-11,16-18H,4-9,12-14H2,1-3H3,(H2,25,31)/t17-,18-/m0/s1. The summed E-state index contributed by atoms with van der Waals surface area (Å²) >= 11 is 0. The molecule has 0 radical (unpaired) electrons. The molecule has 2 aliphatic carbocycles. The lowest BCUT2D eigenvalue weighted by molar-refractivity contribution is -0.123. The number of pyridine rings is 1. The van der Waals surface area contributed by atoms with Gasteiger partial charge in [-0.1, -0.05) is 11.6 Å². The molecular formula is C24H34N6O4. The molecule has 2 aromatic rings. The minimum Gasteiger partial charge on any atom is -0.489 e. The van der Waals surface area contributed by atoms with Gasteiger partial charge in [-0.2, -0.15) is 0 Å². The number of nitrogens with two attached hydrogens (primary N) is 1. The Morgan fingerprint density at radius 2 is 1.97 bits per heavy atom. The van der Waals surface area contributed by atoms with Crippen molar-refractivity contribution in [1.82, 2.24) is 24.9 Å². The van der Waals surface area contributed by atoms with E-state index in [1.54, 1.807) is 23.7 Å². The van der Waals surface area contributed by atoms with Crippen LogP contribution in [0.25, 0.3) is 11.4 Å². The third kappa shape index (κ3) is 5.48. The second-order valence-electron chi connectivity index (χ2n) is 9.53. The summed E-state index contributed by atoms with van der Waals surface area (Å²) in [6.07, 6.45) is 6.43. The first-order chi connectivity index (χ1) is 16.3. The summed E-state index contributed by atoms with van der Waals surface area (Å²) in [5, 5.41) is 8.35. The smallest absolute Gasteiger partial charge is 0.409 e. The Balaban J connectivity index is 1.41. The third-order valence-electron chi connectivity index (χ3n) is 6.95. The molecule has 10 nitrogen and oxygen atoms in total. The van der Waals surface area contributed by atoms with E-state index >= 15 is 0 Å². The molecule has 10 heteroatoms. The highest BCUT2D eigenvalue weighted by molar-refractivity contribution is 5.76. The Morgan fingerprint density at radius 3 is 2.65 bits per heavy atom. The zero-order valence-electron chi connectivity index (χ0n) is 20.2. The summed E-state index contributed by atoms with van der Waals surface area (Å²) in [5.41, 5.74) is 8.07. The first-order valence-corrected chi connectivity index (χ1v) is 12.0. The number of carbonyl (C=O) groups excluding carboxylic acids is 2. The molecule has 0 saturated heterocycles. The number of rotatable bonds is 8. The number of aromatic nitrogens is 4. The molecule has 2 amide bonds. The minimum atomic E-state index is -0.353.